The molecule has 0 amide bonds. The fourth-order valence-corrected chi connectivity index (χ4v) is 1.70. The van der Waals surface area contributed by atoms with Gasteiger partial charge in [0.1, 0.15) is 18.2 Å². The van der Waals surface area contributed by atoms with Crippen molar-refractivity contribution in [3.8, 4) is 5.75 Å². The van der Waals surface area contributed by atoms with E-state index < -0.39 is 10.7 Å². The molecule has 0 saturated heterocycles. The van der Waals surface area contributed by atoms with Crippen molar-refractivity contribution in [2.24, 2.45) is 0 Å². The molecule has 6 heteroatoms. The highest BCUT2D eigenvalue weighted by Crippen LogP contribution is 2.24. The Bertz CT molecular complexity index is 619. The van der Waals surface area contributed by atoms with Gasteiger partial charge in [0.05, 0.1) is 17.1 Å². The first kappa shape index (κ1) is 13.3. The minimum Gasteiger partial charge on any atom is -0.488 e. The number of hydrogen-bond donors (Lipinski definition) is 0. The average Bonchev–Trinajstić information content (AvgIpc) is 2.37. The van der Waals surface area contributed by atoms with Crippen LogP contribution in [-0.4, -0.2) is 4.92 Å². The van der Waals surface area contributed by atoms with Crippen molar-refractivity contribution < 1.29 is 14.1 Å². The summed E-state index contributed by atoms with van der Waals surface area (Å²) in [5.41, 5.74) is 0.366. The first-order valence-electron chi connectivity index (χ1n) is 5.37. The van der Waals surface area contributed by atoms with E-state index in [0.717, 1.165) is 17.7 Å². The van der Waals surface area contributed by atoms with E-state index in [4.69, 9.17) is 16.3 Å². The van der Waals surface area contributed by atoms with Gasteiger partial charge in [0.2, 0.25) is 0 Å². The number of nitrogens with zero attached hydrogens (tertiary/aromatic N) is 1. The van der Waals surface area contributed by atoms with Crippen LogP contribution in [0.2, 0.25) is 5.02 Å². The zero-order valence-electron chi connectivity index (χ0n) is 9.68. The van der Waals surface area contributed by atoms with E-state index in [0.29, 0.717) is 5.02 Å². The monoisotopic (exact) mass is 281 g/mol. The standard InChI is InChI=1S/C13H9ClFNO3/c14-13-4-2-1-3-9(13)8-19-12-6-10(15)5-11(7-12)16(17)18/h1-7H,8H2. The molecule has 0 aliphatic heterocycles. The summed E-state index contributed by atoms with van der Waals surface area (Å²) < 4.78 is 18.5. The van der Waals surface area contributed by atoms with E-state index in [1.54, 1.807) is 24.3 Å². The van der Waals surface area contributed by atoms with E-state index in [1.807, 2.05) is 0 Å². The highest BCUT2D eigenvalue weighted by atomic mass is 35.5. The Balaban J connectivity index is 2.16. The Kier molecular flexibility index (Phi) is 3.97. The van der Waals surface area contributed by atoms with Gasteiger partial charge in [-0.25, -0.2) is 4.39 Å². The van der Waals surface area contributed by atoms with Crippen molar-refractivity contribution in [3.63, 3.8) is 0 Å². The zero-order chi connectivity index (χ0) is 13.8. The van der Waals surface area contributed by atoms with Gasteiger partial charge in [-0.05, 0) is 6.07 Å². The maximum absolute atomic E-state index is 13.2. The van der Waals surface area contributed by atoms with Gasteiger partial charge >= 0.3 is 0 Å². The fraction of sp³-hybridized carbons (Fsp3) is 0.0769. The minimum atomic E-state index is -0.719. The minimum absolute atomic E-state index is 0.0895. The molecule has 4 nitrogen and oxygen atoms in total. The summed E-state index contributed by atoms with van der Waals surface area (Å²) in [6.07, 6.45) is 0. The van der Waals surface area contributed by atoms with Crippen molar-refractivity contribution in [2.45, 2.75) is 6.61 Å². The lowest BCUT2D eigenvalue weighted by Crippen LogP contribution is -1.98. The Morgan fingerprint density at radius 2 is 2.00 bits per heavy atom. The number of benzene rings is 2. The third kappa shape index (κ3) is 3.42. The van der Waals surface area contributed by atoms with Crippen molar-refractivity contribution >= 4 is 17.3 Å². The van der Waals surface area contributed by atoms with Gasteiger partial charge in [-0.1, -0.05) is 29.8 Å². The summed E-state index contributed by atoms with van der Waals surface area (Å²) in [6.45, 7) is 0.111. The van der Waals surface area contributed by atoms with E-state index in [2.05, 4.69) is 0 Å². The Labute approximate surface area is 113 Å². The summed E-state index contributed by atoms with van der Waals surface area (Å²) in [5.74, 6) is -0.630. The summed E-state index contributed by atoms with van der Waals surface area (Å²) in [5, 5.41) is 11.1. The van der Waals surface area contributed by atoms with Crippen LogP contribution in [-0.2, 0) is 6.61 Å². The lowest BCUT2D eigenvalue weighted by Gasteiger charge is -2.07. The van der Waals surface area contributed by atoms with Crippen LogP contribution >= 0.6 is 11.6 Å². The Morgan fingerprint density at radius 1 is 1.26 bits per heavy atom. The zero-order valence-corrected chi connectivity index (χ0v) is 10.4. The molecule has 0 bridgehead atoms. The number of hydrogen-bond acceptors (Lipinski definition) is 3. The van der Waals surface area contributed by atoms with Crippen molar-refractivity contribution in [1.82, 2.24) is 0 Å². The van der Waals surface area contributed by atoms with Crippen LogP contribution in [0.25, 0.3) is 0 Å². The van der Waals surface area contributed by atoms with E-state index >= 15 is 0 Å². The van der Waals surface area contributed by atoms with Gasteiger partial charge in [0, 0.05) is 16.7 Å². The molecule has 2 aromatic rings. The summed E-state index contributed by atoms with van der Waals surface area (Å²) in [6, 6.07) is 10.1. The molecule has 98 valence electrons. The highest BCUT2D eigenvalue weighted by Gasteiger charge is 2.11. The predicted octanol–water partition coefficient (Wildman–Crippen LogP) is 3.97. The summed E-state index contributed by atoms with van der Waals surface area (Å²) in [4.78, 5) is 9.92. The molecule has 0 unspecified atom stereocenters. The molecule has 0 aliphatic rings. The topological polar surface area (TPSA) is 52.4 Å². The Hall–Kier alpha value is -2.14. The molecule has 19 heavy (non-hydrogen) atoms. The second-order valence-electron chi connectivity index (χ2n) is 3.78. The normalized spacial score (nSPS) is 10.2. The quantitative estimate of drug-likeness (QED) is 0.629. The van der Waals surface area contributed by atoms with Gasteiger partial charge in [0.15, 0.2) is 0 Å². The third-order valence-corrected chi connectivity index (χ3v) is 2.79. The molecule has 0 fully saturated rings. The molecule has 0 spiro atoms. The maximum Gasteiger partial charge on any atom is 0.276 e. The van der Waals surface area contributed by atoms with Crippen molar-refractivity contribution in [2.75, 3.05) is 0 Å². The number of nitro groups is 1. The van der Waals surface area contributed by atoms with Gasteiger partial charge in [0.25, 0.3) is 5.69 Å². The fourth-order valence-electron chi connectivity index (χ4n) is 1.51. The molecule has 0 radical (unpaired) electrons. The summed E-state index contributed by atoms with van der Waals surface area (Å²) in [7, 11) is 0. The molecule has 0 aliphatic carbocycles. The molecule has 2 aromatic carbocycles. The first-order chi connectivity index (χ1) is 9.06. The molecule has 0 heterocycles. The molecule has 0 atom stereocenters. The van der Waals surface area contributed by atoms with E-state index in [1.165, 1.54) is 6.07 Å². The van der Waals surface area contributed by atoms with Gasteiger partial charge in [-0.2, -0.15) is 0 Å². The van der Waals surface area contributed by atoms with Crippen LogP contribution in [0, 0.1) is 15.9 Å². The molecule has 0 aromatic heterocycles. The average molecular weight is 282 g/mol. The maximum atomic E-state index is 13.2. The van der Waals surface area contributed by atoms with Crippen molar-refractivity contribution in [1.29, 1.82) is 0 Å². The van der Waals surface area contributed by atoms with Gasteiger partial charge < -0.3 is 4.74 Å². The molecule has 0 saturated carbocycles. The van der Waals surface area contributed by atoms with Crippen LogP contribution in [0.3, 0.4) is 0 Å². The van der Waals surface area contributed by atoms with E-state index in [-0.39, 0.29) is 18.0 Å². The second-order valence-corrected chi connectivity index (χ2v) is 4.19. The van der Waals surface area contributed by atoms with Crippen LogP contribution in [0.1, 0.15) is 5.56 Å². The lowest BCUT2D eigenvalue weighted by molar-refractivity contribution is -0.385. The van der Waals surface area contributed by atoms with Crippen LogP contribution in [0.15, 0.2) is 42.5 Å². The SMILES string of the molecule is O=[N+]([O-])c1cc(F)cc(OCc2ccccc2Cl)c1. The second kappa shape index (κ2) is 5.67. The first-order valence-corrected chi connectivity index (χ1v) is 5.75. The van der Waals surface area contributed by atoms with E-state index in [9.17, 15) is 14.5 Å². The predicted molar refractivity (Wildman–Crippen MR) is 68.8 cm³/mol. The van der Waals surface area contributed by atoms with Crippen molar-refractivity contribution in [3.05, 3.63) is 69.0 Å². The number of non-ortho nitro benzene ring substituents is 1. The van der Waals surface area contributed by atoms with Crippen LogP contribution < -0.4 is 4.74 Å². The van der Waals surface area contributed by atoms with Crippen LogP contribution in [0.4, 0.5) is 10.1 Å². The number of nitro benzene ring substituents is 1. The lowest BCUT2D eigenvalue weighted by atomic mass is 10.2. The number of ether oxygens (including phenoxy) is 1. The summed E-state index contributed by atoms with van der Waals surface area (Å²) >= 11 is 5.94. The third-order valence-electron chi connectivity index (χ3n) is 2.42. The smallest absolute Gasteiger partial charge is 0.276 e. The van der Waals surface area contributed by atoms with Crippen LogP contribution in [0.5, 0.6) is 5.75 Å². The molecule has 2 rings (SSSR count). The van der Waals surface area contributed by atoms with Gasteiger partial charge in [-0.15, -0.1) is 0 Å². The molecule has 0 N–H and O–H groups in total. The number of rotatable bonds is 4. The number of halogens is 2. The Morgan fingerprint density at radius 3 is 2.68 bits per heavy atom. The molecular formula is C13H9ClFNO3. The highest BCUT2D eigenvalue weighted by molar-refractivity contribution is 6.31. The van der Waals surface area contributed by atoms with Gasteiger partial charge in [-0.3, -0.25) is 10.1 Å². The largest absolute Gasteiger partial charge is 0.488 e. The molecular weight excluding hydrogens is 273 g/mol.